The third-order valence-electron chi connectivity index (χ3n) is 4.66. The molecule has 6 heteroatoms. The lowest BCUT2D eigenvalue weighted by Gasteiger charge is -2.27. The van der Waals surface area contributed by atoms with Crippen molar-refractivity contribution in [1.29, 1.82) is 0 Å². The van der Waals surface area contributed by atoms with E-state index in [2.05, 4.69) is 10.00 Å². The van der Waals surface area contributed by atoms with Crippen molar-refractivity contribution in [3.05, 3.63) is 16.4 Å². The fourth-order valence-electron chi connectivity index (χ4n) is 3.34. The van der Waals surface area contributed by atoms with Crippen LogP contribution in [-0.4, -0.2) is 51.7 Å². The minimum atomic E-state index is 0.0892. The molecule has 0 radical (unpaired) electrons. The molecule has 21 heavy (non-hydrogen) atoms. The summed E-state index contributed by atoms with van der Waals surface area (Å²) >= 11 is 6.38. The van der Waals surface area contributed by atoms with Gasteiger partial charge in [-0.15, -0.1) is 0 Å². The number of likely N-dealkylation sites (N-methyl/N-ethyl adjacent to an activating group) is 1. The summed E-state index contributed by atoms with van der Waals surface area (Å²) in [6, 6.07) is 0.699. The second-order valence-corrected chi connectivity index (χ2v) is 6.66. The average molecular weight is 311 g/mol. The Morgan fingerprint density at radius 2 is 2.14 bits per heavy atom. The number of nitrogens with zero attached hydrogens (tertiary/aromatic N) is 4. The lowest BCUT2D eigenvalue weighted by atomic mass is 10.1. The molecule has 1 amide bonds. The molecule has 0 bridgehead atoms. The number of carbonyl (C=O) groups is 1. The number of hydrogen-bond acceptors (Lipinski definition) is 3. The second-order valence-electron chi connectivity index (χ2n) is 6.30. The third kappa shape index (κ3) is 2.81. The lowest BCUT2D eigenvalue weighted by molar-refractivity contribution is -0.133. The van der Waals surface area contributed by atoms with E-state index in [1.54, 1.807) is 4.68 Å². The van der Waals surface area contributed by atoms with E-state index in [4.69, 9.17) is 11.6 Å². The Kier molecular flexibility index (Phi) is 3.97. The zero-order valence-corrected chi connectivity index (χ0v) is 13.7. The van der Waals surface area contributed by atoms with Gasteiger partial charge in [-0.25, -0.2) is 0 Å². The van der Waals surface area contributed by atoms with Gasteiger partial charge in [-0.2, -0.15) is 5.10 Å². The van der Waals surface area contributed by atoms with Crippen LogP contribution in [0.25, 0.3) is 0 Å². The SMILES string of the molecule is Cc1nn(C)c(Cl)c1[C@H]1CCCN1C(=O)CN(C)C1CC1. The fourth-order valence-corrected chi connectivity index (χ4v) is 3.64. The van der Waals surface area contributed by atoms with Gasteiger partial charge in [-0.1, -0.05) is 11.6 Å². The van der Waals surface area contributed by atoms with Crippen LogP contribution in [-0.2, 0) is 11.8 Å². The summed E-state index contributed by atoms with van der Waals surface area (Å²) in [4.78, 5) is 16.8. The first-order chi connectivity index (χ1) is 9.99. The number of aromatic nitrogens is 2. The van der Waals surface area contributed by atoms with Crippen LogP contribution >= 0.6 is 11.6 Å². The number of rotatable bonds is 4. The topological polar surface area (TPSA) is 41.4 Å². The highest BCUT2D eigenvalue weighted by Gasteiger charge is 2.35. The molecule has 0 N–H and O–H groups in total. The predicted molar refractivity (Wildman–Crippen MR) is 82.3 cm³/mol. The van der Waals surface area contributed by atoms with Gasteiger partial charge in [0.1, 0.15) is 5.15 Å². The quantitative estimate of drug-likeness (QED) is 0.855. The van der Waals surface area contributed by atoms with Crippen molar-refractivity contribution in [3.63, 3.8) is 0 Å². The number of hydrogen-bond donors (Lipinski definition) is 0. The van der Waals surface area contributed by atoms with Gasteiger partial charge in [-0.3, -0.25) is 14.4 Å². The highest BCUT2D eigenvalue weighted by Crippen LogP contribution is 2.37. The average Bonchev–Trinajstić information content (AvgIpc) is 3.12. The van der Waals surface area contributed by atoms with Crippen LogP contribution in [0.3, 0.4) is 0 Å². The first kappa shape index (κ1) is 14.9. The largest absolute Gasteiger partial charge is 0.334 e. The molecule has 1 saturated heterocycles. The number of amides is 1. The molecular weight excluding hydrogens is 288 g/mol. The molecule has 1 aromatic heterocycles. The molecule has 5 nitrogen and oxygen atoms in total. The van der Waals surface area contributed by atoms with Gasteiger partial charge in [0, 0.05) is 25.2 Å². The van der Waals surface area contributed by atoms with E-state index in [-0.39, 0.29) is 11.9 Å². The van der Waals surface area contributed by atoms with Gasteiger partial charge in [0.15, 0.2) is 0 Å². The Hall–Kier alpha value is -1.07. The summed E-state index contributed by atoms with van der Waals surface area (Å²) in [6.45, 7) is 3.31. The molecule has 0 spiro atoms. The highest BCUT2D eigenvalue weighted by molar-refractivity contribution is 6.30. The molecule has 2 fully saturated rings. The second kappa shape index (κ2) is 5.61. The van der Waals surface area contributed by atoms with Crippen molar-refractivity contribution >= 4 is 17.5 Å². The third-order valence-corrected chi connectivity index (χ3v) is 5.11. The lowest BCUT2D eigenvalue weighted by Crippen LogP contribution is -2.39. The van der Waals surface area contributed by atoms with E-state index in [0.717, 1.165) is 30.6 Å². The molecule has 1 aliphatic heterocycles. The normalized spacial score (nSPS) is 22.3. The zero-order valence-electron chi connectivity index (χ0n) is 13.0. The summed E-state index contributed by atoms with van der Waals surface area (Å²) in [5.41, 5.74) is 1.96. The summed E-state index contributed by atoms with van der Waals surface area (Å²) in [5.74, 6) is 0.214. The maximum atomic E-state index is 12.6. The van der Waals surface area contributed by atoms with E-state index in [9.17, 15) is 4.79 Å². The first-order valence-corrected chi connectivity index (χ1v) is 8.05. The number of halogens is 1. The van der Waals surface area contributed by atoms with E-state index < -0.39 is 0 Å². The van der Waals surface area contributed by atoms with Crippen molar-refractivity contribution < 1.29 is 4.79 Å². The van der Waals surface area contributed by atoms with Crippen molar-refractivity contribution in [2.75, 3.05) is 20.1 Å². The Balaban J connectivity index is 1.76. The van der Waals surface area contributed by atoms with Gasteiger partial charge >= 0.3 is 0 Å². The van der Waals surface area contributed by atoms with Crippen LogP contribution in [0.15, 0.2) is 0 Å². The van der Waals surface area contributed by atoms with E-state index in [1.807, 2.05) is 25.9 Å². The Labute approximate surface area is 130 Å². The standard InChI is InChI=1S/C15H23ClN4O/c1-10-14(15(16)19(3)17-10)12-5-4-8-20(12)13(21)9-18(2)11-6-7-11/h11-12H,4-9H2,1-3H3/t12-/m1/s1. The Bertz CT molecular complexity index is 552. The van der Waals surface area contributed by atoms with Gasteiger partial charge in [0.25, 0.3) is 0 Å². The summed E-state index contributed by atoms with van der Waals surface area (Å²) < 4.78 is 1.70. The zero-order chi connectivity index (χ0) is 15.1. The van der Waals surface area contributed by atoms with Crippen LogP contribution < -0.4 is 0 Å². The number of carbonyl (C=O) groups excluding carboxylic acids is 1. The van der Waals surface area contributed by atoms with Crippen molar-refractivity contribution in [1.82, 2.24) is 19.6 Å². The van der Waals surface area contributed by atoms with Crippen LogP contribution in [0.5, 0.6) is 0 Å². The van der Waals surface area contributed by atoms with E-state index in [0.29, 0.717) is 17.7 Å². The maximum absolute atomic E-state index is 12.6. The monoisotopic (exact) mass is 310 g/mol. The first-order valence-electron chi connectivity index (χ1n) is 7.67. The number of aryl methyl sites for hydroxylation is 2. The molecular formula is C15H23ClN4O. The van der Waals surface area contributed by atoms with Gasteiger partial charge in [0.2, 0.25) is 5.91 Å². The molecule has 2 heterocycles. The van der Waals surface area contributed by atoms with Crippen LogP contribution in [0, 0.1) is 6.92 Å². The van der Waals surface area contributed by atoms with Crippen molar-refractivity contribution in [2.45, 2.75) is 44.7 Å². The minimum Gasteiger partial charge on any atom is -0.334 e. The molecule has 2 aliphatic rings. The number of likely N-dealkylation sites (tertiary alicyclic amines) is 1. The summed E-state index contributed by atoms with van der Waals surface area (Å²) in [5, 5.41) is 5.04. The fraction of sp³-hybridized carbons (Fsp3) is 0.733. The Morgan fingerprint density at radius 3 is 2.71 bits per heavy atom. The molecule has 1 saturated carbocycles. The smallest absolute Gasteiger partial charge is 0.237 e. The summed E-state index contributed by atoms with van der Waals surface area (Å²) in [7, 11) is 3.89. The summed E-state index contributed by atoms with van der Waals surface area (Å²) in [6.07, 6.45) is 4.46. The van der Waals surface area contributed by atoms with Gasteiger partial charge in [-0.05, 0) is 39.7 Å². The molecule has 0 unspecified atom stereocenters. The van der Waals surface area contributed by atoms with Gasteiger partial charge in [0.05, 0.1) is 18.3 Å². The van der Waals surface area contributed by atoms with Crippen molar-refractivity contribution in [3.8, 4) is 0 Å². The molecule has 0 aromatic carbocycles. The van der Waals surface area contributed by atoms with E-state index >= 15 is 0 Å². The maximum Gasteiger partial charge on any atom is 0.237 e. The molecule has 1 atom stereocenters. The van der Waals surface area contributed by atoms with Crippen LogP contribution in [0.2, 0.25) is 5.15 Å². The van der Waals surface area contributed by atoms with Crippen molar-refractivity contribution in [2.24, 2.45) is 7.05 Å². The van der Waals surface area contributed by atoms with Gasteiger partial charge < -0.3 is 4.90 Å². The van der Waals surface area contributed by atoms with Crippen LogP contribution in [0.4, 0.5) is 0 Å². The molecule has 1 aromatic rings. The minimum absolute atomic E-state index is 0.0892. The molecule has 1 aliphatic carbocycles. The highest BCUT2D eigenvalue weighted by atomic mass is 35.5. The predicted octanol–water partition coefficient (Wildman–Crippen LogP) is 2.14. The Morgan fingerprint density at radius 1 is 1.43 bits per heavy atom. The van der Waals surface area contributed by atoms with Crippen LogP contribution in [0.1, 0.15) is 43.0 Å². The molecule has 3 rings (SSSR count). The molecule has 116 valence electrons. The van der Waals surface area contributed by atoms with E-state index in [1.165, 1.54) is 12.8 Å².